The SMILES string of the molecule is CC(C)N1N=COC1N. The van der Waals surface area contributed by atoms with Gasteiger partial charge >= 0.3 is 0 Å². The number of nitrogens with zero attached hydrogens (tertiary/aromatic N) is 2. The summed E-state index contributed by atoms with van der Waals surface area (Å²) in [5.74, 6) is 0. The molecule has 1 aliphatic heterocycles. The van der Waals surface area contributed by atoms with E-state index in [1.165, 1.54) is 6.40 Å². The first-order valence-corrected chi connectivity index (χ1v) is 2.93. The van der Waals surface area contributed by atoms with Crippen LogP contribution in [0.4, 0.5) is 0 Å². The van der Waals surface area contributed by atoms with E-state index in [0.717, 1.165) is 0 Å². The van der Waals surface area contributed by atoms with Crippen LogP contribution in [0.25, 0.3) is 0 Å². The fraction of sp³-hybridized carbons (Fsp3) is 0.800. The minimum Gasteiger partial charge on any atom is -0.444 e. The minimum absolute atomic E-state index is 0.304. The third kappa shape index (κ3) is 1.13. The van der Waals surface area contributed by atoms with Crippen LogP contribution in [0.5, 0.6) is 0 Å². The number of rotatable bonds is 1. The van der Waals surface area contributed by atoms with Gasteiger partial charge in [0.25, 0.3) is 0 Å². The molecule has 4 heteroatoms. The van der Waals surface area contributed by atoms with Crippen molar-refractivity contribution in [3.8, 4) is 0 Å². The van der Waals surface area contributed by atoms with Gasteiger partial charge < -0.3 is 4.74 Å². The lowest BCUT2D eigenvalue weighted by Gasteiger charge is -2.21. The van der Waals surface area contributed by atoms with Crippen molar-refractivity contribution in [2.24, 2.45) is 10.8 Å². The van der Waals surface area contributed by atoms with E-state index in [1.807, 2.05) is 13.8 Å². The van der Waals surface area contributed by atoms with Gasteiger partial charge in [-0.2, -0.15) is 0 Å². The second kappa shape index (κ2) is 2.23. The molecule has 2 N–H and O–H groups in total. The largest absolute Gasteiger partial charge is 0.444 e. The normalized spacial score (nSPS) is 25.3. The smallest absolute Gasteiger partial charge is 0.243 e. The summed E-state index contributed by atoms with van der Waals surface area (Å²) < 4.78 is 4.84. The van der Waals surface area contributed by atoms with Gasteiger partial charge in [0.2, 0.25) is 6.35 Å². The Hall–Kier alpha value is -0.770. The molecule has 0 saturated carbocycles. The highest BCUT2D eigenvalue weighted by atomic mass is 16.5. The van der Waals surface area contributed by atoms with E-state index in [-0.39, 0.29) is 6.35 Å². The van der Waals surface area contributed by atoms with Crippen LogP contribution in [-0.2, 0) is 4.74 Å². The maximum absolute atomic E-state index is 5.46. The average molecular weight is 129 g/mol. The molecule has 9 heavy (non-hydrogen) atoms. The third-order valence-electron chi connectivity index (χ3n) is 1.17. The minimum atomic E-state index is -0.384. The molecule has 1 aliphatic rings. The van der Waals surface area contributed by atoms with Gasteiger partial charge in [0, 0.05) is 6.04 Å². The molecule has 0 amide bonds. The van der Waals surface area contributed by atoms with Crippen LogP contribution >= 0.6 is 0 Å². The molecular formula is C5H11N3O. The maximum Gasteiger partial charge on any atom is 0.243 e. The van der Waals surface area contributed by atoms with Gasteiger partial charge in [-0.25, -0.2) is 5.01 Å². The Morgan fingerprint density at radius 3 is 2.67 bits per heavy atom. The molecule has 4 nitrogen and oxygen atoms in total. The summed E-state index contributed by atoms with van der Waals surface area (Å²) in [5.41, 5.74) is 5.46. The highest BCUT2D eigenvalue weighted by Crippen LogP contribution is 2.06. The number of ether oxygens (including phenoxy) is 1. The van der Waals surface area contributed by atoms with E-state index in [9.17, 15) is 0 Å². The predicted molar refractivity (Wildman–Crippen MR) is 34.5 cm³/mol. The summed E-state index contributed by atoms with van der Waals surface area (Å²) >= 11 is 0. The van der Waals surface area contributed by atoms with Crippen molar-refractivity contribution in [3.63, 3.8) is 0 Å². The van der Waals surface area contributed by atoms with Crippen LogP contribution in [-0.4, -0.2) is 23.8 Å². The lowest BCUT2D eigenvalue weighted by molar-refractivity contribution is 0.0423. The zero-order valence-corrected chi connectivity index (χ0v) is 5.61. The van der Waals surface area contributed by atoms with Crippen molar-refractivity contribution >= 4 is 6.40 Å². The molecule has 52 valence electrons. The summed E-state index contributed by atoms with van der Waals surface area (Å²) in [6.07, 6.45) is 0.981. The van der Waals surface area contributed by atoms with E-state index in [2.05, 4.69) is 5.10 Å². The van der Waals surface area contributed by atoms with Crippen molar-refractivity contribution in [1.82, 2.24) is 5.01 Å². The molecule has 0 bridgehead atoms. The van der Waals surface area contributed by atoms with Crippen molar-refractivity contribution in [2.75, 3.05) is 0 Å². The number of hydrogen-bond acceptors (Lipinski definition) is 4. The second-order valence-corrected chi connectivity index (χ2v) is 2.22. The molecule has 1 atom stereocenters. The van der Waals surface area contributed by atoms with Gasteiger partial charge in [-0.1, -0.05) is 0 Å². The van der Waals surface area contributed by atoms with E-state index in [4.69, 9.17) is 10.5 Å². The van der Waals surface area contributed by atoms with Gasteiger partial charge in [0.05, 0.1) is 0 Å². The lowest BCUT2D eigenvalue weighted by Crippen LogP contribution is -2.40. The first kappa shape index (κ1) is 6.35. The van der Waals surface area contributed by atoms with E-state index >= 15 is 0 Å². The molecule has 0 aromatic rings. The van der Waals surface area contributed by atoms with Crippen molar-refractivity contribution < 1.29 is 4.74 Å². The molecular weight excluding hydrogens is 118 g/mol. The van der Waals surface area contributed by atoms with Gasteiger partial charge in [-0.15, -0.1) is 5.10 Å². The first-order chi connectivity index (χ1) is 4.22. The molecule has 0 saturated heterocycles. The van der Waals surface area contributed by atoms with Crippen LogP contribution in [0.3, 0.4) is 0 Å². The molecule has 0 radical (unpaired) electrons. The summed E-state index contributed by atoms with van der Waals surface area (Å²) in [7, 11) is 0. The molecule has 1 unspecified atom stereocenters. The summed E-state index contributed by atoms with van der Waals surface area (Å²) in [5, 5.41) is 5.57. The molecule has 1 heterocycles. The van der Waals surface area contributed by atoms with Gasteiger partial charge in [-0.3, -0.25) is 5.73 Å². The molecule has 1 rings (SSSR count). The Kier molecular flexibility index (Phi) is 1.57. The summed E-state index contributed by atoms with van der Waals surface area (Å²) in [6.45, 7) is 4.01. The maximum atomic E-state index is 5.46. The second-order valence-electron chi connectivity index (χ2n) is 2.22. The van der Waals surface area contributed by atoms with Crippen molar-refractivity contribution in [2.45, 2.75) is 26.2 Å². The average Bonchev–Trinajstić information content (AvgIpc) is 2.13. The number of hydrogen-bond donors (Lipinski definition) is 1. The standard InChI is InChI=1S/C5H11N3O/c1-4(2)8-5(6)9-3-7-8/h3-5H,6H2,1-2H3. The van der Waals surface area contributed by atoms with E-state index in [1.54, 1.807) is 5.01 Å². The Morgan fingerprint density at radius 2 is 2.44 bits per heavy atom. The van der Waals surface area contributed by atoms with Crippen LogP contribution < -0.4 is 5.73 Å². The molecule has 0 fully saturated rings. The van der Waals surface area contributed by atoms with Crippen molar-refractivity contribution in [3.05, 3.63) is 0 Å². The zero-order chi connectivity index (χ0) is 6.85. The summed E-state index contributed by atoms with van der Waals surface area (Å²) in [4.78, 5) is 0. The van der Waals surface area contributed by atoms with Crippen LogP contribution in [0, 0.1) is 0 Å². The van der Waals surface area contributed by atoms with Crippen LogP contribution in [0.1, 0.15) is 13.8 Å². The molecule has 0 aromatic heterocycles. The quantitative estimate of drug-likeness (QED) is 0.538. The number of hydrazone groups is 1. The third-order valence-corrected chi connectivity index (χ3v) is 1.17. The predicted octanol–water partition coefficient (Wildman–Crippen LogP) is -0.0874. The van der Waals surface area contributed by atoms with Gasteiger partial charge in [0.15, 0.2) is 6.40 Å². The van der Waals surface area contributed by atoms with E-state index < -0.39 is 0 Å². The topological polar surface area (TPSA) is 50.8 Å². The summed E-state index contributed by atoms with van der Waals surface area (Å²) in [6, 6.07) is 0.304. The van der Waals surface area contributed by atoms with Gasteiger partial charge in [0.1, 0.15) is 0 Å². The van der Waals surface area contributed by atoms with Crippen molar-refractivity contribution in [1.29, 1.82) is 0 Å². The lowest BCUT2D eigenvalue weighted by atomic mass is 10.4. The Morgan fingerprint density at radius 1 is 1.78 bits per heavy atom. The monoisotopic (exact) mass is 129 g/mol. The van der Waals surface area contributed by atoms with E-state index in [0.29, 0.717) is 6.04 Å². The molecule has 0 spiro atoms. The highest BCUT2D eigenvalue weighted by molar-refractivity contribution is 5.47. The molecule has 0 aromatic carbocycles. The Bertz CT molecular complexity index is 123. The van der Waals surface area contributed by atoms with Crippen LogP contribution in [0.15, 0.2) is 5.10 Å². The fourth-order valence-electron chi connectivity index (χ4n) is 0.699. The fourth-order valence-corrected chi connectivity index (χ4v) is 0.699. The zero-order valence-electron chi connectivity index (χ0n) is 5.61. The van der Waals surface area contributed by atoms with Gasteiger partial charge in [-0.05, 0) is 13.8 Å². The Labute approximate surface area is 54.3 Å². The first-order valence-electron chi connectivity index (χ1n) is 2.93. The molecule has 0 aliphatic carbocycles. The highest BCUT2D eigenvalue weighted by Gasteiger charge is 2.19. The Balaban J connectivity index is 2.49. The van der Waals surface area contributed by atoms with Crippen LogP contribution in [0.2, 0.25) is 0 Å². The number of nitrogens with two attached hydrogens (primary N) is 1.